The Bertz CT molecular complexity index is 511. The summed E-state index contributed by atoms with van der Waals surface area (Å²) in [6.45, 7) is 4.71. The van der Waals surface area contributed by atoms with Crippen LogP contribution in [0.1, 0.15) is 24.8 Å². The van der Waals surface area contributed by atoms with Crippen molar-refractivity contribution in [2.75, 3.05) is 13.2 Å². The Morgan fingerprint density at radius 3 is 2.75 bits per heavy atom. The fraction of sp³-hybridized carbons (Fsp3) is 0.400. The van der Waals surface area contributed by atoms with E-state index in [0.717, 1.165) is 37.0 Å². The summed E-state index contributed by atoms with van der Waals surface area (Å²) in [6, 6.07) is 6.28. The Labute approximate surface area is 117 Å². The quantitative estimate of drug-likeness (QED) is 0.470. The summed E-state index contributed by atoms with van der Waals surface area (Å²) < 4.78 is 11.2. The molecule has 1 atom stereocenters. The van der Waals surface area contributed by atoms with Crippen LogP contribution in [0.2, 0.25) is 0 Å². The van der Waals surface area contributed by atoms with Gasteiger partial charge < -0.3 is 9.47 Å². The van der Waals surface area contributed by atoms with Gasteiger partial charge in [0.2, 0.25) is 0 Å². The Kier molecular flexibility index (Phi) is 5.07. The minimum absolute atomic E-state index is 0.0636. The lowest BCUT2D eigenvalue weighted by Crippen LogP contribution is -2.22. The Morgan fingerprint density at radius 1 is 1.45 bits per heavy atom. The van der Waals surface area contributed by atoms with Crippen molar-refractivity contribution in [3.8, 4) is 0 Å². The highest BCUT2D eigenvalue weighted by Crippen LogP contribution is 2.20. The zero-order valence-corrected chi connectivity index (χ0v) is 11.2. The second kappa shape index (κ2) is 7.01. The van der Waals surface area contributed by atoms with Crippen LogP contribution in [-0.2, 0) is 9.47 Å². The molecule has 1 aliphatic heterocycles. The number of rotatable bonds is 5. The van der Waals surface area contributed by atoms with Gasteiger partial charge in [-0.05, 0) is 37.0 Å². The first-order valence-electron chi connectivity index (χ1n) is 6.57. The molecule has 0 aliphatic carbocycles. The van der Waals surface area contributed by atoms with Gasteiger partial charge in [0.05, 0.1) is 11.5 Å². The smallest absolute Gasteiger partial charge is 0.269 e. The van der Waals surface area contributed by atoms with Crippen LogP contribution in [0.15, 0.2) is 36.6 Å². The number of ether oxygens (including phenoxy) is 2. The SMILES string of the molecule is C=C=C(COC1CCCCO1)c1ccc([N+](=O)[O-])cc1. The topological polar surface area (TPSA) is 61.6 Å². The molecule has 0 amide bonds. The average Bonchev–Trinajstić information content (AvgIpc) is 2.49. The lowest BCUT2D eigenvalue weighted by molar-refractivity contribution is -0.384. The van der Waals surface area contributed by atoms with E-state index < -0.39 is 4.92 Å². The molecule has 0 spiro atoms. The van der Waals surface area contributed by atoms with Gasteiger partial charge >= 0.3 is 0 Å². The summed E-state index contributed by atoms with van der Waals surface area (Å²) in [4.78, 5) is 10.2. The predicted molar refractivity (Wildman–Crippen MR) is 75.2 cm³/mol. The van der Waals surface area contributed by atoms with Gasteiger partial charge in [0, 0.05) is 24.3 Å². The number of non-ortho nitro benzene ring substituents is 1. The fourth-order valence-corrected chi connectivity index (χ4v) is 2.04. The minimum atomic E-state index is -0.423. The molecule has 1 unspecified atom stereocenters. The molecule has 0 N–H and O–H groups in total. The molecular formula is C15H17NO4. The molecule has 106 valence electrons. The molecule has 1 fully saturated rings. The van der Waals surface area contributed by atoms with Crippen molar-refractivity contribution < 1.29 is 14.4 Å². The number of nitro benzene ring substituents is 1. The molecule has 5 heteroatoms. The highest BCUT2D eigenvalue weighted by Gasteiger charge is 2.15. The molecular weight excluding hydrogens is 258 g/mol. The van der Waals surface area contributed by atoms with Crippen LogP contribution in [0.3, 0.4) is 0 Å². The van der Waals surface area contributed by atoms with Gasteiger partial charge in [-0.1, -0.05) is 6.58 Å². The van der Waals surface area contributed by atoms with Crippen LogP contribution < -0.4 is 0 Å². The first-order chi connectivity index (χ1) is 9.70. The number of nitrogens with zero attached hydrogens (tertiary/aromatic N) is 1. The van der Waals surface area contributed by atoms with Crippen molar-refractivity contribution in [1.82, 2.24) is 0 Å². The van der Waals surface area contributed by atoms with E-state index in [1.807, 2.05) is 0 Å². The van der Waals surface area contributed by atoms with E-state index in [0.29, 0.717) is 6.61 Å². The highest BCUT2D eigenvalue weighted by atomic mass is 16.7. The standard InChI is InChI=1S/C15H17NO4/c1-2-12(11-20-15-5-3-4-10-19-15)13-6-8-14(9-7-13)16(17)18/h6-9,15H,1,3-5,10-11H2. The van der Waals surface area contributed by atoms with E-state index in [4.69, 9.17) is 9.47 Å². The molecule has 1 aromatic carbocycles. The summed E-state index contributed by atoms with van der Waals surface area (Å²) in [7, 11) is 0. The number of hydrogen-bond acceptors (Lipinski definition) is 4. The monoisotopic (exact) mass is 275 g/mol. The van der Waals surface area contributed by atoms with E-state index >= 15 is 0 Å². The van der Waals surface area contributed by atoms with E-state index in [9.17, 15) is 10.1 Å². The largest absolute Gasteiger partial charge is 0.353 e. The highest BCUT2D eigenvalue weighted by molar-refractivity contribution is 5.66. The maximum atomic E-state index is 10.6. The zero-order valence-electron chi connectivity index (χ0n) is 11.2. The van der Waals surface area contributed by atoms with Crippen molar-refractivity contribution >= 4 is 11.3 Å². The molecule has 1 aliphatic rings. The van der Waals surface area contributed by atoms with Crippen molar-refractivity contribution in [2.24, 2.45) is 0 Å². The zero-order chi connectivity index (χ0) is 14.4. The molecule has 20 heavy (non-hydrogen) atoms. The normalized spacial score (nSPS) is 18.3. The first kappa shape index (κ1) is 14.5. The second-order valence-corrected chi connectivity index (χ2v) is 4.57. The molecule has 1 heterocycles. The van der Waals surface area contributed by atoms with Crippen LogP contribution >= 0.6 is 0 Å². The van der Waals surface area contributed by atoms with E-state index in [-0.39, 0.29) is 12.0 Å². The van der Waals surface area contributed by atoms with Crippen molar-refractivity contribution in [3.05, 3.63) is 52.3 Å². The molecule has 1 saturated heterocycles. The van der Waals surface area contributed by atoms with Crippen LogP contribution in [0.25, 0.3) is 5.57 Å². The van der Waals surface area contributed by atoms with Crippen molar-refractivity contribution in [1.29, 1.82) is 0 Å². The summed E-state index contributed by atoms with van der Waals surface area (Å²) in [5, 5.41) is 10.6. The van der Waals surface area contributed by atoms with Crippen LogP contribution in [0, 0.1) is 10.1 Å². The van der Waals surface area contributed by atoms with Crippen LogP contribution in [-0.4, -0.2) is 24.4 Å². The van der Waals surface area contributed by atoms with Gasteiger partial charge in [-0.25, -0.2) is 0 Å². The van der Waals surface area contributed by atoms with Crippen LogP contribution in [0.5, 0.6) is 0 Å². The van der Waals surface area contributed by atoms with E-state index in [2.05, 4.69) is 12.3 Å². The van der Waals surface area contributed by atoms with Gasteiger partial charge in [-0.15, -0.1) is 5.73 Å². The third-order valence-electron chi connectivity index (χ3n) is 3.19. The van der Waals surface area contributed by atoms with Crippen molar-refractivity contribution in [3.63, 3.8) is 0 Å². The van der Waals surface area contributed by atoms with Crippen molar-refractivity contribution in [2.45, 2.75) is 25.6 Å². The Morgan fingerprint density at radius 2 is 2.20 bits per heavy atom. The molecule has 0 bridgehead atoms. The second-order valence-electron chi connectivity index (χ2n) is 4.57. The third kappa shape index (κ3) is 3.78. The summed E-state index contributed by atoms with van der Waals surface area (Å²) in [6.07, 6.45) is 2.90. The molecule has 0 aromatic heterocycles. The Hall–Kier alpha value is -1.94. The van der Waals surface area contributed by atoms with Crippen LogP contribution in [0.4, 0.5) is 5.69 Å². The molecule has 5 nitrogen and oxygen atoms in total. The average molecular weight is 275 g/mol. The maximum Gasteiger partial charge on any atom is 0.269 e. The van der Waals surface area contributed by atoms with Gasteiger partial charge in [-0.2, -0.15) is 0 Å². The molecule has 1 aromatic rings. The number of nitro groups is 1. The molecule has 0 radical (unpaired) electrons. The fourth-order valence-electron chi connectivity index (χ4n) is 2.04. The summed E-state index contributed by atoms with van der Waals surface area (Å²) in [5.74, 6) is 0. The minimum Gasteiger partial charge on any atom is -0.353 e. The first-order valence-corrected chi connectivity index (χ1v) is 6.57. The third-order valence-corrected chi connectivity index (χ3v) is 3.19. The number of benzene rings is 1. The van der Waals surface area contributed by atoms with E-state index in [1.165, 1.54) is 12.1 Å². The predicted octanol–water partition coefficient (Wildman–Crippen LogP) is 3.31. The van der Waals surface area contributed by atoms with Gasteiger partial charge in [0.1, 0.15) is 0 Å². The van der Waals surface area contributed by atoms with Gasteiger partial charge in [0.15, 0.2) is 6.29 Å². The maximum absolute atomic E-state index is 10.6. The molecule has 0 saturated carbocycles. The summed E-state index contributed by atoms with van der Waals surface area (Å²) in [5.41, 5.74) is 4.48. The Balaban J connectivity index is 1.97. The van der Waals surface area contributed by atoms with E-state index in [1.54, 1.807) is 12.1 Å². The lowest BCUT2D eigenvalue weighted by atomic mass is 10.1. The number of hydrogen-bond donors (Lipinski definition) is 0. The van der Waals surface area contributed by atoms with Gasteiger partial charge in [-0.3, -0.25) is 10.1 Å². The summed E-state index contributed by atoms with van der Waals surface area (Å²) >= 11 is 0. The molecule has 2 rings (SSSR count). The lowest BCUT2D eigenvalue weighted by Gasteiger charge is -2.23. The van der Waals surface area contributed by atoms with Gasteiger partial charge in [0.25, 0.3) is 5.69 Å².